The Kier molecular flexibility index (Phi) is 4.82. The van der Waals surface area contributed by atoms with Crippen molar-refractivity contribution in [2.75, 3.05) is 19.9 Å². The largest absolute Gasteiger partial charge is 0.364 e. The van der Waals surface area contributed by atoms with Crippen molar-refractivity contribution in [3.8, 4) is 0 Å². The molecule has 7 rings (SSSR count). The number of nitrogens with one attached hydrogen (secondary N) is 1. The van der Waals surface area contributed by atoms with Crippen LogP contribution in [-0.4, -0.2) is 37.4 Å². The molecule has 0 aromatic heterocycles. The SMILES string of the molecule is CC1CC[C@@]2(OC1)O[C@H]1C[C@H]3[C@@H]4CCC5CC6(CC[C@]5(C)[C@H]4CC[C@]3(C)[C@H]1[C@@H]2C)COCN6. The third-order valence-electron chi connectivity index (χ3n) is 13.0. The summed E-state index contributed by atoms with van der Waals surface area (Å²) >= 11 is 0. The molecule has 0 aromatic rings. The molecule has 4 aliphatic carbocycles. The second-order valence-electron chi connectivity index (χ2n) is 14.3. The van der Waals surface area contributed by atoms with Crippen LogP contribution < -0.4 is 5.32 Å². The fourth-order valence-corrected chi connectivity index (χ4v) is 11.2. The van der Waals surface area contributed by atoms with E-state index in [-0.39, 0.29) is 5.79 Å². The first-order valence-corrected chi connectivity index (χ1v) is 14.4. The fourth-order valence-electron chi connectivity index (χ4n) is 11.2. The van der Waals surface area contributed by atoms with Gasteiger partial charge in [-0.1, -0.05) is 27.7 Å². The maximum absolute atomic E-state index is 6.96. The maximum atomic E-state index is 6.96. The molecule has 4 saturated carbocycles. The Morgan fingerprint density at radius 2 is 1.76 bits per heavy atom. The predicted octanol–water partition coefficient (Wildman–Crippen LogP) is 5.75. The monoisotopic (exact) mass is 457 g/mol. The quantitative estimate of drug-likeness (QED) is 0.503. The van der Waals surface area contributed by atoms with Gasteiger partial charge in [-0.15, -0.1) is 0 Å². The zero-order valence-corrected chi connectivity index (χ0v) is 21.5. The Morgan fingerprint density at radius 1 is 0.879 bits per heavy atom. The highest BCUT2D eigenvalue weighted by molar-refractivity contribution is 5.16. The summed E-state index contributed by atoms with van der Waals surface area (Å²) in [5.41, 5.74) is 1.27. The first-order valence-electron chi connectivity index (χ1n) is 14.4. The molecule has 33 heavy (non-hydrogen) atoms. The minimum atomic E-state index is -0.273. The highest BCUT2D eigenvalue weighted by Gasteiger charge is 2.69. The van der Waals surface area contributed by atoms with Crippen LogP contribution in [-0.2, 0) is 14.2 Å². The third kappa shape index (κ3) is 2.90. The maximum Gasteiger partial charge on any atom is 0.171 e. The van der Waals surface area contributed by atoms with E-state index < -0.39 is 0 Å². The van der Waals surface area contributed by atoms with Gasteiger partial charge in [-0.3, -0.25) is 5.32 Å². The van der Waals surface area contributed by atoms with Gasteiger partial charge < -0.3 is 14.2 Å². The van der Waals surface area contributed by atoms with E-state index in [0.29, 0.717) is 40.2 Å². The number of hydrogen-bond donors (Lipinski definition) is 1. The van der Waals surface area contributed by atoms with Crippen molar-refractivity contribution in [1.29, 1.82) is 0 Å². The summed E-state index contributed by atoms with van der Waals surface area (Å²) in [4.78, 5) is 0. The summed E-state index contributed by atoms with van der Waals surface area (Å²) in [5.74, 6) is 5.21. The van der Waals surface area contributed by atoms with E-state index in [9.17, 15) is 0 Å². The summed E-state index contributed by atoms with van der Waals surface area (Å²) in [6.07, 6.45) is 13.9. The van der Waals surface area contributed by atoms with E-state index in [0.717, 1.165) is 50.0 Å². The van der Waals surface area contributed by atoms with Crippen molar-refractivity contribution >= 4 is 0 Å². The summed E-state index contributed by atoms with van der Waals surface area (Å²) in [7, 11) is 0. The number of fused-ring (bicyclic) bond motifs is 7. The lowest BCUT2D eigenvalue weighted by Gasteiger charge is -2.62. The molecule has 7 fully saturated rings. The standard InChI is InChI=1S/C29H47NO3/c1-18-7-10-29(32-15-18)19(2)25-24(33-29)13-23-21-6-5-20-14-28(16-31-17-30-28)12-11-26(20,3)22(21)8-9-27(23,25)4/h18-25,30H,5-17H2,1-4H3/t18?,19-,20?,21+,22-,23-,24-,25-,26-,27-,28?,29+/m0/s1. The van der Waals surface area contributed by atoms with Gasteiger partial charge in [0.2, 0.25) is 0 Å². The minimum Gasteiger partial charge on any atom is -0.364 e. The van der Waals surface area contributed by atoms with Crippen molar-refractivity contribution in [2.24, 2.45) is 52.3 Å². The van der Waals surface area contributed by atoms with Gasteiger partial charge in [0.25, 0.3) is 0 Å². The van der Waals surface area contributed by atoms with Crippen LogP contribution in [0.4, 0.5) is 0 Å². The second kappa shape index (κ2) is 7.20. The molecule has 0 amide bonds. The van der Waals surface area contributed by atoms with Crippen LogP contribution in [0.3, 0.4) is 0 Å². The first kappa shape index (κ1) is 22.1. The molecule has 0 bridgehead atoms. The molecule has 3 aliphatic heterocycles. The van der Waals surface area contributed by atoms with Crippen molar-refractivity contribution < 1.29 is 14.2 Å². The van der Waals surface area contributed by atoms with Gasteiger partial charge in [-0.05, 0) is 104 Å². The summed E-state index contributed by atoms with van der Waals surface area (Å²) in [5, 5.41) is 3.75. The van der Waals surface area contributed by atoms with Crippen LogP contribution in [0.1, 0.15) is 91.9 Å². The summed E-state index contributed by atoms with van der Waals surface area (Å²) < 4.78 is 19.3. The average Bonchev–Trinajstić information content (AvgIpc) is 3.44. The number of hydrogen-bond acceptors (Lipinski definition) is 4. The molecular formula is C29H47NO3. The molecule has 2 spiro atoms. The molecule has 3 heterocycles. The minimum absolute atomic E-state index is 0.273. The number of rotatable bonds is 0. The Labute approximate surface area is 201 Å². The van der Waals surface area contributed by atoms with Crippen LogP contribution in [0, 0.1) is 52.3 Å². The number of ether oxygens (including phenoxy) is 3. The Morgan fingerprint density at radius 3 is 2.52 bits per heavy atom. The van der Waals surface area contributed by atoms with Gasteiger partial charge in [-0.2, -0.15) is 0 Å². The first-order chi connectivity index (χ1) is 15.8. The smallest absolute Gasteiger partial charge is 0.171 e. The van der Waals surface area contributed by atoms with Crippen LogP contribution >= 0.6 is 0 Å². The van der Waals surface area contributed by atoms with E-state index in [1.165, 1.54) is 57.8 Å². The molecule has 0 radical (unpaired) electrons. The van der Waals surface area contributed by atoms with Crippen LogP contribution in [0.5, 0.6) is 0 Å². The van der Waals surface area contributed by atoms with Crippen molar-refractivity contribution in [3.63, 3.8) is 0 Å². The van der Waals surface area contributed by atoms with Gasteiger partial charge in [0, 0.05) is 17.9 Å². The van der Waals surface area contributed by atoms with Gasteiger partial charge in [0.05, 0.1) is 26.0 Å². The Hall–Kier alpha value is -0.160. The lowest BCUT2D eigenvalue weighted by atomic mass is 9.43. The van der Waals surface area contributed by atoms with Crippen molar-refractivity contribution in [3.05, 3.63) is 0 Å². The van der Waals surface area contributed by atoms with E-state index in [1.54, 1.807) is 0 Å². The van der Waals surface area contributed by atoms with Gasteiger partial charge in [-0.25, -0.2) is 0 Å². The van der Waals surface area contributed by atoms with Crippen molar-refractivity contribution in [2.45, 2.75) is 109 Å². The van der Waals surface area contributed by atoms with Gasteiger partial charge in [0.1, 0.15) is 0 Å². The van der Waals surface area contributed by atoms with E-state index in [4.69, 9.17) is 14.2 Å². The zero-order valence-electron chi connectivity index (χ0n) is 21.5. The van der Waals surface area contributed by atoms with Crippen molar-refractivity contribution in [1.82, 2.24) is 5.32 Å². The summed E-state index contributed by atoms with van der Waals surface area (Å²) in [6, 6.07) is 0. The average molecular weight is 458 g/mol. The van der Waals surface area contributed by atoms with Crippen LogP contribution in [0.25, 0.3) is 0 Å². The fraction of sp³-hybridized carbons (Fsp3) is 1.00. The zero-order chi connectivity index (χ0) is 22.6. The van der Waals surface area contributed by atoms with E-state index in [1.807, 2.05) is 0 Å². The molecule has 7 aliphatic rings. The molecule has 4 heteroatoms. The highest BCUT2D eigenvalue weighted by Crippen LogP contribution is 2.71. The highest BCUT2D eigenvalue weighted by atomic mass is 16.7. The van der Waals surface area contributed by atoms with Gasteiger partial charge in [0.15, 0.2) is 5.79 Å². The lowest BCUT2D eigenvalue weighted by Crippen LogP contribution is -2.58. The molecule has 3 saturated heterocycles. The van der Waals surface area contributed by atoms with Gasteiger partial charge >= 0.3 is 0 Å². The van der Waals surface area contributed by atoms with E-state index in [2.05, 4.69) is 33.0 Å². The molecule has 1 N–H and O–H groups in total. The summed E-state index contributed by atoms with van der Waals surface area (Å²) in [6.45, 7) is 12.8. The Balaban J connectivity index is 1.13. The topological polar surface area (TPSA) is 39.7 Å². The molecule has 186 valence electrons. The molecule has 0 aromatic carbocycles. The van der Waals surface area contributed by atoms with E-state index >= 15 is 0 Å². The second-order valence-corrected chi connectivity index (χ2v) is 14.3. The predicted molar refractivity (Wildman–Crippen MR) is 128 cm³/mol. The molecular weight excluding hydrogens is 410 g/mol. The normalized spacial score (nSPS) is 62.2. The van der Waals surface area contributed by atoms with Crippen LogP contribution in [0.15, 0.2) is 0 Å². The van der Waals surface area contributed by atoms with Crippen LogP contribution in [0.2, 0.25) is 0 Å². The molecule has 12 atom stereocenters. The molecule has 4 nitrogen and oxygen atoms in total. The third-order valence-corrected chi connectivity index (χ3v) is 13.0. The lowest BCUT2D eigenvalue weighted by molar-refractivity contribution is -0.273. The molecule has 3 unspecified atom stereocenters. The Bertz CT molecular complexity index is 786.